The Bertz CT molecular complexity index is 577. The zero-order valence-electron chi connectivity index (χ0n) is 11.6. The number of Topliss-reactive ketones (excluding diaryl/α,β-unsaturated/α-hetero) is 1. The number of ketones is 1. The summed E-state index contributed by atoms with van der Waals surface area (Å²) in [5, 5.41) is 12.0. The molecule has 0 aliphatic carbocycles. The van der Waals surface area contributed by atoms with E-state index in [2.05, 4.69) is 0 Å². The average molecular weight is 246 g/mol. The maximum Gasteiger partial charge on any atom is 1.00 e. The third-order valence-electron chi connectivity index (χ3n) is 3.03. The Hall–Kier alpha value is -1.49. The summed E-state index contributed by atoms with van der Waals surface area (Å²) in [5.74, 6) is -0.308. The summed E-state index contributed by atoms with van der Waals surface area (Å²) in [6, 6.07) is 13.4. The zero-order valence-corrected chi connectivity index (χ0v) is 11.6. The first kappa shape index (κ1) is 15.6. The van der Waals surface area contributed by atoms with Crippen LogP contribution in [0.25, 0.3) is 11.1 Å². The van der Waals surface area contributed by atoms with Crippen molar-refractivity contribution in [1.29, 1.82) is 0 Å². The van der Waals surface area contributed by atoms with Crippen LogP contribution in [0.5, 0.6) is 5.75 Å². The SMILES string of the molecule is CCc1cc(-c2ccccc2)cc(C(C)=O)c1[O-].[Li+]. The van der Waals surface area contributed by atoms with Gasteiger partial charge in [0.15, 0.2) is 5.78 Å². The molecular weight excluding hydrogens is 231 g/mol. The van der Waals surface area contributed by atoms with E-state index < -0.39 is 0 Å². The third-order valence-corrected chi connectivity index (χ3v) is 3.03. The normalized spacial score (nSPS) is 9.79. The molecule has 0 amide bonds. The van der Waals surface area contributed by atoms with Crippen molar-refractivity contribution in [1.82, 2.24) is 0 Å². The van der Waals surface area contributed by atoms with Gasteiger partial charge in [-0.05, 0) is 30.5 Å². The molecule has 0 aliphatic rings. The topological polar surface area (TPSA) is 40.1 Å². The van der Waals surface area contributed by atoms with E-state index in [1.54, 1.807) is 6.07 Å². The number of rotatable bonds is 3. The standard InChI is InChI=1S/C16H16O2.Li/c1-3-12-9-14(13-7-5-4-6-8-13)10-15(11(2)17)16(12)18;/h4-10,18H,3H2,1-2H3;/q;+1/p-1. The van der Waals surface area contributed by atoms with Crippen molar-refractivity contribution in [2.75, 3.05) is 0 Å². The van der Waals surface area contributed by atoms with E-state index in [9.17, 15) is 9.90 Å². The Kier molecular flexibility index (Phi) is 5.41. The second-order valence-corrected chi connectivity index (χ2v) is 4.29. The van der Waals surface area contributed by atoms with E-state index >= 15 is 0 Å². The monoisotopic (exact) mass is 246 g/mol. The molecule has 3 heteroatoms. The van der Waals surface area contributed by atoms with Gasteiger partial charge in [0, 0.05) is 5.56 Å². The molecule has 19 heavy (non-hydrogen) atoms. The van der Waals surface area contributed by atoms with Gasteiger partial charge in [-0.1, -0.05) is 54.6 Å². The van der Waals surface area contributed by atoms with Gasteiger partial charge in [-0.2, -0.15) is 0 Å². The molecule has 2 rings (SSSR count). The van der Waals surface area contributed by atoms with Gasteiger partial charge >= 0.3 is 18.9 Å². The third kappa shape index (κ3) is 3.29. The quantitative estimate of drug-likeness (QED) is 0.573. The van der Waals surface area contributed by atoms with Gasteiger partial charge in [0.25, 0.3) is 0 Å². The van der Waals surface area contributed by atoms with Crippen molar-refractivity contribution in [3.05, 3.63) is 53.6 Å². The Labute approximate surface area is 125 Å². The fraction of sp³-hybridized carbons (Fsp3) is 0.188. The van der Waals surface area contributed by atoms with Gasteiger partial charge < -0.3 is 5.11 Å². The number of hydrogen-bond acceptors (Lipinski definition) is 2. The smallest absolute Gasteiger partial charge is 0.872 e. The van der Waals surface area contributed by atoms with Crippen LogP contribution >= 0.6 is 0 Å². The molecule has 0 aliphatic heterocycles. The predicted molar refractivity (Wildman–Crippen MR) is 70.7 cm³/mol. The summed E-state index contributed by atoms with van der Waals surface area (Å²) in [4.78, 5) is 11.5. The molecule has 2 nitrogen and oxygen atoms in total. The summed E-state index contributed by atoms with van der Waals surface area (Å²) in [6.07, 6.45) is 0.639. The Morgan fingerprint density at radius 2 is 1.74 bits per heavy atom. The van der Waals surface area contributed by atoms with Crippen molar-refractivity contribution in [3.63, 3.8) is 0 Å². The largest absolute Gasteiger partial charge is 1.00 e. The molecule has 0 spiro atoms. The molecule has 0 bridgehead atoms. The van der Waals surface area contributed by atoms with E-state index in [1.807, 2.05) is 43.3 Å². The van der Waals surface area contributed by atoms with E-state index in [4.69, 9.17) is 0 Å². The van der Waals surface area contributed by atoms with Crippen LogP contribution in [-0.4, -0.2) is 5.78 Å². The summed E-state index contributed by atoms with van der Waals surface area (Å²) in [5.41, 5.74) is 2.93. The van der Waals surface area contributed by atoms with E-state index in [-0.39, 0.29) is 36.0 Å². The number of carbonyl (C=O) groups is 1. The maximum atomic E-state index is 12.0. The van der Waals surface area contributed by atoms with Gasteiger partial charge in [-0.3, -0.25) is 4.79 Å². The van der Waals surface area contributed by atoms with Crippen molar-refractivity contribution >= 4 is 5.78 Å². The van der Waals surface area contributed by atoms with Gasteiger partial charge in [0.2, 0.25) is 0 Å². The fourth-order valence-corrected chi connectivity index (χ4v) is 2.01. The molecule has 92 valence electrons. The molecule has 0 fully saturated rings. The minimum Gasteiger partial charge on any atom is -0.872 e. The molecule has 0 N–H and O–H groups in total. The van der Waals surface area contributed by atoms with E-state index in [0.717, 1.165) is 11.1 Å². The maximum absolute atomic E-state index is 12.0. The first-order valence-corrected chi connectivity index (χ1v) is 6.03. The molecule has 0 radical (unpaired) electrons. The van der Waals surface area contributed by atoms with Crippen LogP contribution in [0.2, 0.25) is 0 Å². The minimum absolute atomic E-state index is 0. The number of carbonyl (C=O) groups excluding carboxylic acids is 1. The number of hydrogen-bond donors (Lipinski definition) is 0. The molecule has 2 aromatic rings. The molecule has 0 saturated carbocycles. The predicted octanol–water partition coefficient (Wildman–Crippen LogP) is 0.196. The zero-order chi connectivity index (χ0) is 13.1. The van der Waals surface area contributed by atoms with Crippen LogP contribution in [0.15, 0.2) is 42.5 Å². The van der Waals surface area contributed by atoms with Crippen molar-refractivity contribution in [2.24, 2.45) is 0 Å². The minimum atomic E-state index is -0.174. The van der Waals surface area contributed by atoms with Gasteiger partial charge in [0.05, 0.1) is 0 Å². The van der Waals surface area contributed by atoms with Crippen LogP contribution in [0.1, 0.15) is 29.8 Å². The van der Waals surface area contributed by atoms with Crippen LogP contribution in [0.3, 0.4) is 0 Å². The molecular formula is C16H15LiO2. The second-order valence-electron chi connectivity index (χ2n) is 4.29. The molecule has 0 heterocycles. The van der Waals surface area contributed by atoms with E-state index in [0.29, 0.717) is 12.0 Å². The fourth-order valence-electron chi connectivity index (χ4n) is 2.01. The Balaban J connectivity index is 0.00000180. The summed E-state index contributed by atoms with van der Waals surface area (Å²) in [6.45, 7) is 3.36. The second kappa shape index (κ2) is 6.61. The average Bonchev–Trinajstić information content (AvgIpc) is 2.39. The molecule has 0 unspecified atom stereocenters. The van der Waals surface area contributed by atoms with Crippen LogP contribution in [-0.2, 0) is 6.42 Å². The Morgan fingerprint density at radius 1 is 1.11 bits per heavy atom. The van der Waals surface area contributed by atoms with Crippen molar-refractivity contribution in [2.45, 2.75) is 20.3 Å². The van der Waals surface area contributed by atoms with Crippen LogP contribution in [0.4, 0.5) is 0 Å². The van der Waals surface area contributed by atoms with E-state index in [1.165, 1.54) is 6.92 Å². The first-order chi connectivity index (χ1) is 8.63. The van der Waals surface area contributed by atoms with Crippen molar-refractivity contribution < 1.29 is 28.8 Å². The van der Waals surface area contributed by atoms with Gasteiger partial charge in [-0.15, -0.1) is 0 Å². The Morgan fingerprint density at radius 3 is 2.26 bits per heavy atom. The van der Waals surface area contributed by atoms with Crippen LogP contribution in [0, 0.1) is 0 Å². The van der Waals surface area contributed by atoms with Gasteiger partial charge in [0.1, 0.15) is 0 Å². The molecule has 0 saturated heterocycles. The molecule has 2 aromatic carbocycles. The number of benzene rings is 2. The summed E-state index contributed by atoms with van der Waals surface area (Å²) < 4.78 is 0. The molecule has 0 aromatic heterocycles. The summed E-state index contributed by atoms with van der Waals surface area (Å²) in [7, 11) is 0. The van der Waals surface area contributed by atoms with Crippen LogP contribution < -0.4 is 24.0 Å². The number of aryl methyl sites for hydroxylation is 1. The van der Waals surface area contributed by atoms with Crippen molar-refractivity contribution in [3.8, 4) is 16.9 Å². The van der Waals surface area contributed by atoms with Gasteiger partial charge in [-0.25, -0.2) is 0 Å². The summed E-state index contributed by atoms with van der Waals surface area (Å²) >= 11 is 0. The first-order valence-electron chi connectivity index (χ1n) is 6.03. The molecule has 0 atom stereocenters.